The van der Waals surface area contributed by atoms with E-state index >= 15 is 0 Å². The van der Waals surface area contributed by atoms with Crippen molar-refractivity contribution in [1.29, 1.82) is 0 Å². The second-order valence-corrected chi connectivity index (χ2v) is 7.12. The van der Waals surface area contributed by atoms with Gasteiger partial charge in [-0.25, -0.2) is 4.79 Å². The monoisotopic (exact) mass is 425 g/mol. The van der Waals surface area contributed by atoms with Gasteiger partial charge in [0, 0.05) is 0 Å². The molecule has 30 heavy (non-hydrogen) atoms. The fraction of sp³-hybridized carbons (Fsp3) is 0.217. The smallest absolute Gasteiger partial charge is 0.361 e. The zero-order chi connectivity index (χ0) is 21.2. The minimum Gasteiger partial charge on any atom is -0.490 e. The van der Waals surface area contributed by atoms with E-state index in [4.69, 9.17) is 19.0 Å². The van der Waals surface area contributed by atoms with Crippen molar-refractivity contribution in [3.8, 4) is 10.8 Å². The number of esters is 1. The molecule has 0 aliphatic rings. The molecule has 0 atom stereocenters. The van der Waals surface area contributed by atoms with Gasteiger partial charge in [0.25, 0.3) is 0 Å². The van der Waals surface area contributed by atoms with Crippen molar-refractivity contribution in [2.24, 2.45) is 5.16 Å². The van der Waals surface area contributed by atoms with E-state index in [0.29, 0.717) is 23.2 Å². The Balaban J connectivity index is 1.55. The van der Waals surface area contributed by atoms with Gasteiger partial charge in [-0.05, 0) is 42.0 Å². The van der Waals surface area contributed by atoms with E-state index in [1.165, 1.54) is 16.7 Å². The van der Waals surface area contributed by atoms with Crippen molar-refractivity contribution < 1.29 is 23.8 Å². The maximum atomic E-state index is 12.1. The van der Waals surface area contributed by atoms with E-state index in [1.807, 2.05) is 36.4 Å². The number of thiophene rings is 1. The van der Waals surface area contributed by atoms with Crippen LogP contribution in [0.25, 0.3) is 10.8 Å². The molecule has 2 aromatic carbocycles. The third-order valence-corrected chi connectivity index (χ3v) is 4.95. The van der Waals surface area contributed by atoms with Gasteiger partial charge in [0.1, 0.15) is 25.6 Å². The lowest BCUT2D eigenvalue weighted by atomic mass is 10.1. The fourth-order valence-electron chi connectivity index (χ4n) is 2.62. The van der Waals surface area contributed by atoms with Crippen LogP contribution in [0.1, 0.15) is 11.8 Å². The molecule has 0 amide bonds. The molecule has 0 saturated heterocycles. The van der Waals surface area contributed by atoms with Gasteiger partial charge in [-0.3, -0.25) is 0 Å². The molecule has 3 aromatic rings. The summed E-state index contributed by atoms with van der Waals surface area (Å²) in [5.74, 6) is 0.245. The Bertz CT molecular complexity index is 1030. The summed E-state index contributed by atoms with van der Waals surface area (Å²) in [4.78, 5) is 17.8. The molecular weight excluding hydrogens is 402 g/mol. The van der Waals surface area contributed by atoms with Gasteiger partial charge in [0.15, 0.2) is 5.06 Å². The zero-order valence-corrected chi connectivity index (χ0v) is 17.5. The number of carbonyl (C=O) groups excluding carboxylic acids is 1. The zero-order valence-electron chi connectivity index (χ0n) is 16.7. The number of oxime groups is 1. The summed E-state index contributed by atoms with van der Waals surface area (Å²) in [7, 11) is 0. The summed E-state index contributed by atoms with van der Waals surface area (Å²) in [6.07, 6.45) is 1.55. The second kappa shape index (κ2) is 11.0. The Morgan fingerprint density at radius 1 is 1.07 bits per heavy atom. The van der Waals surface area contributed by atoms with E-state index < -0.39 is 5.97 Å². The average molecular weight is 426 g/mol. The first-order valence-corrected chi connectivity index (χ1v) is 10.4. The van der Waals surface area contributed by atoms with Gasteiger partial charge in [0.05, 0.1) is 11.5 Å². The molecular formula is C23H23NO5S. The molecule has 3 rings (SSSR count). The van der Waals surface area contributed by atoms with E-state index in [-0.39, 0.29) is 18.9 Å². The van der Waals surface area contributed by atoms with Crippen LogP contribution in [0.2, 0.25) is 0 Å². The summed E-state index contributed by atoms with van der Waals surface area (Å²) in [6.45, 7) is 6.50. The van der Waals surface area contributed by atoms with E-state index in [2.05, 4.69) is 17.8 Å². The van der Waals surface area contributed by atoms with Crippen molar-refractivity contribution in [1.82, 2.24) is 0 Å². The summed E-state index contributed by atoms with van der Waals surface area (Å²) < 4.78 is 16.6. The molecule has 0 spiro atoms. The predicted octanol–water partition coefficient (Wildman–Crippen LogP) is 4.83. The molecule has 0 saturated carbocycles. The topological polar surface area (TPSA) is 66.4 Å². The Labute approximate surface area is 179 Å². The quantitative estimate of drug-likeness (QED) is 0.145. The maximum Gasteiger partial charge on any atom is 0.361 e. The number of fused-ring (bicyclic) bond motifs is 1. The third kappa shape index (κ3) is 5.84. The van der Waals surface area contributed by atoms with Crippen molar-refractivity contribution in [3.63, 3.8) is 0 Å². The third-order valence-electron chi connectivity index (χ3n) is 3.95. The van der Waals surface area contributed by atoms with E-state index in [9.17, 15) is 4.79 Å². The maximum absolute atomic E-state index is 12.1. The lowest BCUT2D eigenvalue weighted by molar-refractivity contribution is -0.135. The van der Waals surface area contributed by atoms with Gasteiger partial charge < -0.3 is 19.0 Å². The molecule has 7 heteroatoms. The fourth-order valence-corrected chi connectivity index (χ4v) is 3.47. The normalized spacial score (nSPS) is 11.2. The second-order valence-electron chi connectivity index (χ2n) is 6.07. The van der Waals surface area contributed by atoms with Gasteiger partial charge in [-0.15, -0.1) is 0 Å². The first-order chi connectivity index (χ1) is 14.7. The first-order valence-electron chi connectivity index (χ1n) is 9.54. The number of hydrogen-bond donors (Lipinski definition) is 0. The van der Waals surface area contributed by atoms with Gasteiger partial charge >= 0.3 is 5.97 Å². The van der Waals surface area contributed by atoms with Crippen LogP contribution in [0, 0.1) is 0 Å². The number of hydrogen-bond acceptors (Lipinski definition) is 7. The van der Waals surface area contributed by atoms with E-state index in [1.54, 1.807) is 25.1 Å². The molecule has 0 radical (unpaired) electrons. The van der Waals surface area contributed by atoms with Crippen molar-refractivity contribution in [3.05, 3.63) is 72.1 Å². The highest BCUT2D eigenvalue weighted by Gasteiger charge is 2.19. The molecule has 0 bridgehead atoms. The van der Waals surface area contributed by atoms with Gasteiger partial charge in [0.2, 0.25) is 5.71 Å². The van der Waals surface area contributed by atoms with Crippen LogP contribution in [0.15, 0.2) is 72.4 Å². The number of ether oxygens (including phenoxy) is 3. The molecule has 156 valence electrons. The standard InChI is InChI=1S/C23H23NO5S/c1-3-13-29-24-22(23(25)26-4-2)20-11-12-21(30-20)28-15-14-27-19-10-9-17-7-5-6-8-18(17)16-19/h3,5-12,16H,1,4,13-15H2,2H3/b24-22+. The van der Waals surface area contributed by atoms with Crippen molar-refractivity contribution in [2.45, 2.75) is 6.92 Å². The minimum absolute atomic E-state index is 0.103. The molecule has 0 N–H and O–H groups in total. The van der Waals surface area contributed by atoms with Crippen LogP contribution in [-0.2, 0) is 14.4 Å². The number of nitrogens with zero attached hydrogens (tertiary/aromatic N) is 1. The SMILES string of the molecule is C=CCO/N=C(/C(=O)OCC)c1ccc(OCCOc2ccc3ccccc3c2)s1. The van der Waals surface area contributed by atoms with Crippen LogP contribution >= 0.6 is 11.3 Å². The molecule has 0 aliphatic heterocycles. The largest absolute Gasteiger partial charge is 0.490 e. The van der Waals surface area contributed by atoms with Gasteiger partial charge in [-0.1, -0.05) is 59.5 Å². The summed E-state index contributed by atoms with van der Waals surface area (Å²) in [5.41, 5.74) is 0.103. The van der Waals surface area contributed by atoms with Crippen LogP contribution in [0.4, 0.5) is 0 Å². The Hall–Kier alpha value is -3.32. The van der Waals surface area contributed by atoms with Crippen LogP contribution in [0.5, 0.6) is 10.8 Å². The molecule has 0 aliphatic carbocycles. The summed E-state index contributed by atoms with van der Waals surface area (Å²) in [6, 6.07) is 17.6. The van der Waals surface area contributed by atoms with Crippen LogP contribution < -0.4 is 9.47 Å². The molecule has 0 fully saturated rings. The van der Waals surface area contributed by atoms with Crippen molar-refractivity contribution >= 4 is 33.8 Å². The highest BCUT2D eigenvalue weighted by Crippen LogP contribution is 2.26. The first kappa shape index (κ1) is 21.4. The molecule has 6 nitrogen and oxygen atoms in total. The number of benzene rings is 2. The Morgan fingerprint density at radius 3 is 2.67 bits per heavy atom. The Kier molecular flexibility index (Phi) is 7.86. The number of rotatable bonds is 11. The predicted molar refractivity (Wildman–Crippen MR) is 119 cm³/mol. The van der Waals surface area contributed by atoms with Crippen LogP contribution in [0.3, 0.4) is 0 Å². The van der Waals surface area contributed by atoms with E-state index in [0.717, 1.165) is 11.1 Å². The van der Waals surface area contributed by atoms with Crippen molar-refractivity contribution in [2.75, 3.05) is 26.4 Å². The molecule has 1 heterocycles. The molecule has 0 unspecified atom stereocenters. The highest BCUT2D eigenvalue weighted by molar-refractivity contribution is 7.16. The minimum atomic E-state index is -0.547. The summed E-state index contributed by atoms with van der Waals surface area (Å²) >= 11 is 1.29. The van der Waals surface area contributed by atoms with Gasteiger partial charge in [-0.2, -0.15) is 0 Å². The summed E-state index contributed by atoms with van der Waals surface area (Å²) in [5, 5.41) is 6.82. The lowest BCUT2D eigenvalue weighted by Crippen LogP contribution is -2.18. The number of carbonyl (C=O) groups is 1. The molecule has 1 aromatic heterocycles. The Morgan fingerprint density at radius 2 is 1.87 bits per heavy atom. The lowest BCUT2D eigenvalue weighted by Gasteiger charge is -2.08. The highest BCUT2D eigenvalue weighted by atomic mass is 32.1. The van der Waals surface area contributed by atoms with Crippen LogP contribution in [-0.4, -0.2) is 38.1 Å². The average Bonchev–Trinajstić information content (AvgIpc) is 3.23.